The highest BCUT2D eigenvalue weighted by molar-refractivity contribution is 5.19. The van der Waals surface area contributed by atoms with Crippen molar-refractivity contribution in [3.05, 3.63) is 35.4 Å². The van der Waals surface area contributed by atoms with E-state index in [0.29, 0.717) is 18.0 Å². The van der Waals surface area contributed by atoms with E-state index in [2.05, 4.69) is 33.0 Å². The first-order chi connectivity index (χ1) is 8.30. The van der Waals surface area contributed by atoms with Crippen LogP contribution >= 0.6 is 0 Å². The average molecular weight is 255 g/mol. The van der Waals surface area contributed by atoms with E-state index in [1.165, 1.54) is 6.07 Å². The van der Waals surface area contributed by atoms with Crippen molar-refractivity contribution in [2.75, 3.05) is 6.54 Å². The van der Waals surface area contributed by atoms with Crippen LogP contribution in [0.4, 0.5) is 8.78 Å². The van der Waals surface area contributed by atoms with E-state index in [-0.39, 0.29) is 5.41 Å². The van der Waals surface area contributed by atoms with Crippen molar-refractivity contribution in [3.8, 4) is 0 Å². The van der Waals surface area contributed by atoms with E-state index in [4.69, 9.17) is 0 Å². The summed E-state index contributed by atoms with van der Waals surface area (Å²) in [7, 11) is 0. The molecular formula is C15H23F2N. The summed E-state index contributed by atoms with van der Waals surface area (Å²) in [6.07, 6.45) is 1.58. The van der Waals surface area contributed by atoms with Crippen LogP contribution in [0, 0.1) is 17.0 Å². The third-order valence-electron chi connectivity index (χ3n) is 3.04. The summed E-state index contributed by atoms with van der Waals surface area (Å²) >= 11 is 0. The maximum atomic E-state index is 13.6. The monoisotopic (exact) mass is 255 g/mol. The number of rotatable bonds is 6. The Kier molecular flexibility index (Phi) is 5.27. The predicted molar refractivity (Wildman–Crippen MR) is 71.6 cm³/mol. The van der Waals surface area contributed by atoms with E-state index < -0.39 is 11.6 Å². The normalized spacial score (nSPS) is 12.2. The zero-order valence-corrected chi connectivity index (χ0v) is 11.7. The SMILES string of the molecule is CC(C)NCCC(C)(C)Cc1ccc(F)cc1F. The summed E-state index contributed by atoms with van der Waals surface area (Å²) in [5.41, 5.74) is 0.589. The average Bonchev–Trinajstić information content (AvgIpc) is 2.21. The Hall–Kier alpha value is -0.960. The van der Waals surface area contributed by atoms with Gasteiger partial charge in [0.05, 0.1) is 0 Å². The highest BCUT2D eigenvalue weighted by Gasteiger charge is 2.20. The van der Waals surface area contributed by atoms with E-state index >= 15 is 0 Å². The van der Waals surface area contributed by atoms with Gasteiger partial charge in [-0.15, -0.1) is 0 Å². The van der Waals surface area contributed by atoms with Gasteiger partial charge in [-0.3, -0.25) is 0 Å². The molecule has 0 heterocycles. The second kappa shape index (κ2) is 6.28. The Morgan fingerprint density at radius 2 is 1.89 bits per heavy atom. The highest BCUT2D eigenvalue weighted by atomic mass is 19.1. The van der Waals surface area contributed by atoms with E-state index in [0.717, 1.165) is 19.0 Å². The number of hydrogen-bond acceptors (Lipinski definition) is 1. The molecule has 1 aromatic carbocycles. The number of hydrogen-bond donors (Lipinski definition) is 1. The molecule has 0 aliphatic carbocycles. The zero-order valence-electron chi connectivity index (χ0n) is 11.7. The maximum absolute atomic E-state index is 13.6. The Labute approximate surface area is 109 Å². The van der Waals surface area contributed by atoms with Crippen LogP contribution in [0.1, 0.15) is 39.7 Å². The van der Waals surface area contributed by atoms with Crippen molar-refractivity contribution in [2.45, 2.75) is 46.6 Å². The number of halogens is 2. The molecule has 1 aromatic rings. The summed E-state index contributed by atoms with van der Waals surface area (Å²) in [6, 6.07) is 4.28. The molecule has 1 N–H and O–H groups in total. The molecule has 102 valence electrons. The molecule has 0 fully saturated rings. The number of nitrogens with one attached hydrogen (secondary N) is 1. The smallest absolute Gasteiger partial charge is 0.129 e. The predicted octanol–water partition coefficient (Wildman–Crippen LogP) is 3.92. The highest BCUT2D eigenvalue weighted by Crippen LogP contribution is 2.27. The van der Waals surface area contributed by atoms with Crippen molar-refractivity contribution < 1.29 is 8.78 Å². The van der Waals surface area contributed by atoms with Gasteiger partial charge < -0.3 is 5.32 Å². The quantitative estimate of drug-likeness (QED) is 0.812. The second-order valence-corrected chi connectivity index (χ2v) is 5.94. The lowest BCUT2D eigenvalue weighted by atomic mass is 9.82. The third-order valence-corrected chi connectivity index (χ3v) is 3.04. The fourth-order valence-electron chi connectivity index (χ4n) is 1.97. The summed E-state index contributed by atoms with van der Waals surface area (Å²) in [5, 5.41) is 3.36. The molecule has 0 saturated heterocycles. The van der Waals surface area contributed by atoms with Crippen LogP contribution < -0.4 is 5.32 Å². The molecular weight excluding hydrogens is 232 g/mol. The summed E-state index contributed by atoms with van der Waals surface area (Å²) in [6.45, 7) is 9.34. The molecule has 18 heavy (non-hydrogen) atoms. The minimum atomic E-state index is -0.518. The first kappa shape index (κ1) is 15.1. The Morgan fingerprint density at radius 3 is 2.44 bits per heavy atom. The van der Waals surface area contributed by atoms with Crippen LogP contribution in [0.3, 0.4) is 0 Å². The summed E-state index contributed by atoms with van der Waals surface area (Å²) < 4.78 is 26.4. The van der Waals surface area contributed by atoms with Crippen LogP contribution in [0.15, 0.2) is 18.2 Å². The molecule has 3 heteroatoms. The summed E-state index contributed by atoms with van der Waals surface area (Å²) in [4.78, 5) is 0. The molecule has 0 atom stereocenters. The minimum absolute atomic E-state index is 0.000555. The molecule has 0 unspecified atom stereocenters. The molecule has 0 aliphatic rings. The van der Waals surface area contributed by atoms with E-state index in [9.17, 15) is 8.78 Å². The minimum Gasteiger partial charge on any atom is -0.315 e. The molecule has 1 rings (SSSR count). The largest absolute Gasteiger partial charge is 0.315 e. The van der Waals surface area contributed by atoms with Crippen LogP contribution in [-0.4, -0.2) is 12.6 Å². The van der Waals surface area contributed by atoms with Crippen molar-refractivity contribution in [1.82, 2.24) is 5.32 Å². The van der Waals surface area contributed by atoms with Gasteiger partial charge in [0, 0.05) is 12.1 Å². The Morgan fingerprint density at radius 1 is 1.22 bits per heavy atom. The molecule has 0 spiro atoms. The van der Waals surface area contributed by atoms with Gasteiger partial charge in [-0.2, -0.15) is 0 Å². The van der Waals surface area contributed by atoms with Gasteiger partial charge in [-0.05, 0) is 36.4 Å². The van der Waals surface area contributed by atoms with Gasteiger partial charge in [0.25, 0.3) is 0 Å². The van der Waals surface area contributed by atoms with Crippen molar-refractivity contribution in [1.29, 1.82) is 0 Å². The zero-order chi connectivity index (χ0) is 13.8. The molecule has 0 amide bonds. The number of benzene rings is 1. The Balaban J connectivity index is 2.58. The van der Waals surface area contributed by atoms with Gasteiger partial charge in [0.1, 0.15) is 11.6 Å². The van der Waals surface area contributed by atoms with Crippen molar-refractivity contribution in [2.24, 2.45) is 5.41 Å². The standard InChI is InChI=1S/C15H23F2N/c1-11(2)18-8-7-15(3,4)10-12-5-6-13(16)9-14(12)17/h5-6,9,11,18H,7-8,10H2,1-4H3. The van der Waals surface area contributed by atoms with Gasteiger partial charge >= 0.3 is 0 Å². The first-order valence-corrected chi connectivity index (χ1v) is 6.47. The molecule has 0 saturated carbocycles. The maximum Gasteiger partial charge on any atom is 0.129 e. The lowest BCUT2D eigenvalue weighted by Crippen LogP contribution is -2.28. The van der Waals surface area contributed by atoms with Gasteiger partial charge in [0.15, 0.2) is 0 Å². The van der Waals surface area contributed by atoms with E-state index in [1.54, 1.807) is 6.07 Å². The van der Waals surface area contributed by atoms with Gasteiger partial charge in [-0.25, -0.2) is 8.78 Å². The fourth-order valence-corrected chi connectivity index (χ4v) is 1.97. The van der Waals surface area contributed by atoms with Gasteiger partial charge in [-0.1, -0.05) is 33.8 Å². The molecule has 0 bridgehead atoms. The van der Waals surface area contributed by atoms with E-state index in [1.807, 2.05) is 0 Å². The topological polar surface area (TPSA) is 12.0 Å². The molecule has 0 aliphatic heterocycles. The van der Waals surface area contributed by atoms with Crippen LogP contribution in [0.25, 0.3) is 0 Å². The lowest BCUT2D eigenvalue weighted by Gasteiger charge is -2.25. The summed E-state index contributed by atoms with van der Waals surface area (Å²) in [5.74, 6) is -0.963. The molecule has 0 radical (unpaired) electrons. The fraction of sp³-hybridized carbons (Fsp3) is 0.600. The first-order valence-electron chi connectivity index (χ1n) is 6.47. The van der Waals surface area contributed by atoms with Gasteiger partial charge in [0.2, 0.25) is 0 Å². The third kappa shape index (κ3) is 5.13. The van der Waals surface area contributed by atoms with Crippen molar-refractivity contribution >= 4 is 0 Å². The second-order valence-electron chi connectivity index (χ2n) is 5.94. The molecule has 0 aromatic heterocycles. The molecule has 1 nitrogen and oxygen atoms in total. The lowest BCUT2D eigenvalue weighted by molar-refractivity contribution is 0.316. The van der Waals surface area contributed by atoms with Crippen LogP contribution in [0.2, 0.25) is 0 Å². The Bertz CT molecular complexity index is 386. The van der Waals surface area contributed by atoms with Crippen LogP contribution in [0.5, 0.6) is 0 Å². The van der Waals surface area contributed by atoms with Crippen LogP contribution in [-0.2, 0) is 6.42 Å². The van der Waals surface area contributed by atoms with Crippen molar-refractivity contribution in [3.63, 3.8) is 0 Å².